The highest BCUT2D eigenvalue weighted by molar-refractivity contribution is 8.02. The van der Waals surface area contributed by atoms with Crippen molar-refractivity contribution in [3.63, 3.8) is 0 Å². The van der Waals surface area contributed by atoms with Crippen molar-refractivity contribution < 1.29 is 9.59 Å². The van der Waals surface area contributed by atoms with Gasteiger partial charge in [-0.15, -0.1) is 16.8 Å². The second kappa shape index (κ2) is 8.60. The molecule has 24 heavy (non-hydrogen) atoms. The predicted octanol–water partition coefficient (Wildman–Crippen LogP) is 3.46. The molecule has 1 aromatic heterocycles. The zero-order chi connectivity index (χ0) is 17.5. The van der Waals surface area contributed by atoms with E-state index in [1.165, 1.54) is 30.0 Å². The van der Waals surface area contributed by atoms with E-state index in [0.29, 0.717) is 22.9 Å². The summed E-state index contributed by atoms with van der Waals surface area (Å²) >= 11 is 2.74. The molecule has 1 heterocycles. The number of thioether (sulfide) groups is 1. The Balaban J connectivity index is 1.90. The molecule has 0 saturated carbocycles. The Morgan fingerprint density at radius 1 is 1.33 bits per heavy atom. The van der Waals surface area contributed by atoms with Gasteiger partial charge < -0.3 is 10.6 Å². The van der Waals surface area contributed by atoms with Crippen LogP contribution in [0.2, 0.25) is 0 Å². The molecular formula is C16H18N4O2S2. The van der Waals surface area contributed by atoms with Crippen LogP contribution in [0.5, 0.6) is 0 Å². The van der Waals surface area contributed by atoms with E-state index in [2.05, 4.69) is 27.4 Å². The van der Waals surface area contributed by atoms with Gasteiger partial charge in [-0.25, -0.2) is 0 Å². The first-order chi connectivity index (χ1) is 11.5. The summed E-state index contributed by atoms with van der Waals surface area (Å²) in [6, 6.07) is 6.82. The Morgan fingerprint density at radius 2 is 2.04 bits per heavy atom. The van der Waals surface area contributed by atoms with Gasteiger partial charge >= 0.3 is 0 Å². The summed E-state index contributed by atoms with van der Waals surface area (Å²) < 4.78 is 0.719. The number of aromatic nitrogens is 2. The van der Waals surface area contributed by atoms with Gasteiger partial charge in [-0.05, 0) is 38.1 Å². The van der Waals surface area contributed by atoms with Gasteiger partial charge in [-0.2, -0.15) is 0 Å². The first-order valence-corrected chi connectivity index (χ1v) is 8.96. The van der Waals surface area contributed by atoms with Crippen LogP contribution in [-0.4, -0.2) is 33.7 Å². The average Bonchev–Trinajstić information content (AvgIpc) is 3.00. The molecule has 1 atom stereocenters. The van der Waals surface area contributed by atoms with Crippen LogP contribution in [0.25, 0.3) is 0 Å². The first-order valence-electron chi connectivity index (χ1n) is 7.26. The summed E-state index contributed by atoms with van der Waals surface area (Å²) in [5.41, 5.74) is 1.27. The van der Waals surface area contributed by atoms with Crippen LogP contribution < -0.4 is 10.6 Å². The number of anilines is 2. The number of carbonyl (C=O) groups is 2. The van der Waals surface area contributed by atoms with Crippen molar-refractivity contribution in [1.29, 1.82) is 0 Å². The lowest BCUT2D eigenvalue weighted by molar-refractivity contribution is -0.115. The number of nitrogens with one attached hydrogen (secondary N) is 2. The quantitative estimate of drug-likeness (QED) is 0.425. The van der Waals surface area contributed by atoms with E-state index in [-0.39, 0.29) is 16.9 Å². The molecule has 0 fully saturated rings. The highest BCUT2D eigenvalue weighted by atomic mass is 32.2. The van der Waals surface area contributed by atoms with Crippen LogP contribution in [0, 0.1) is 0 Å². The zero-order valence-electron chi connectivity index (χ0n) is 13.4. The highest BCUT2D eigenvalue weighted by Gasteiger charge is 2.17. The van der Waals surface area contributed by atoms with Crippen LogP contribution in [0.4, 0.5) is 10.8 Å². The molecule has 1 amide bonds. The van der Waals surface area contributed by atoms with E-state index < -0.39 is 0 Å². The van der Waals surface area contributed by atoms with Gasteiger partial charge in [0.15, 0.2) is 10.1 Å². The molecule has 0 aliphatic heterocycles. The molecule has 6 nitrogen and oxygen atoms in total. The minimum absolute atomic E-state index is 0.00561. The SMILES string of the molecule is C=CCNc1nnc(SC(C)C(=O)Nc2ccc(C(C)=O)cc2)s1. The third kappa shape index (κ3) is 5.17. The van der Waals surface area contributed by atoms with Gasteiger partial charge in [0.25, 0.3) is 0 Å². The summed E-state index contributed by atoms with van der Waals surface area (Å²) in [7, 11) is 0. The maximum atomic E-state index is 12.2. The van der Waals surface area contributed by atoms with Crippen molar-refractivity contribution >= 4 is 45.6 Å². The Labute approximate surface area is 148 Å². The maximum absolute atomic E-state index is 12.2. The number of carbonyl (C=O) groups excluding carboxylic acids is 2. The minimum Gasteiger partial charge on any atom is -0.357 e. The Hall–Kier alpha value is -2.19. The molecule has 0 bridgehead atoms. The molecule has 0 spiro atoms. The van der Waals surface area contributed by atoms with Gasteiger partial charge in [0.05, 0.1) is 5.25 Å². The van der Waals surface area contributed by atoms with Crippen molar-refractivity contribution in [2.75, 3.05) is 17.2 Å². The van der Waals surface area contributed by atoms with Gasteiger partial charge in [-0.1, -0.05) is 29.2 Å². The minimum atomic E-state index is -0.322. The van der Waals surface area contributed by atoms with Gasteiger partial charge in [0.2, 0.25) is 11.0 Å². The smallest absolute Gasteiger partial charge is 0.237 e. The van der Waals surface area contributed by atoms with Crippen LogP contribution in [0.1, 0.15) is 24.2 Å². The van der Waals surface area contributed by atoms with Crippen molar-refractivity contribution in [1.82, 2.24) is 10.2 Å². The molecule has 2 rings (SSSR count). The predicted molar refractivity (Wildman–Crippen MR) is 99.0 cm³/mol. The molecule has 2 aromatic rings. The molecule has 1 unspecified atom stereocenters. The Bertz CT molecular complexity index is 728. The lowest BCUT2D eigenvalue weighted by atomic mass is 10.1. The molecule has 126 valence electrons. The van der Waals surface area contributed by atoms with E-state index in [4.69, 9.17) is 0 Å². The number of rotatable bonds is 8. The first kappa shape index (κ1) is 18.2. The molecule has 1 aromatic carbocycles. The molecular weight excluding hydrogens is 344 g/mol. The molecule has 0 radical (unpaired) electrons. The third-order valence-electron chi connectivity index (χ3n) is 3.01. The Kier molecular flexibility index (Phi) is 6.51. The van der Waals surface area contributed by atoms with Gasteiger partial charge in [0.1, 0.15) is 0 Å². The van der Waals surface area contributed by atoms with Crippen LogP contribution in [-0.2, 0) is 4.79 Å². The normalized spacial score (nSPS) is 11.6. The van der Waals surface area contributed by atoms with Crippen LogP contribution in [0.3, 0.4) is 0 Å². The van der Waals surface area contributed by atoms with E-state index in [1.807, 2.05) is 6.92 Å². The van der Waals surface area contributed by atoms with Crippen molar-refractivity contribution in [2.45, 2.75) is 23.4 Å². The summed E-state index contributed by atoms with van der Waals surface area (Å²) in [5.74, 6) is -0.139. The fraction of sp³-hybridized carbons (Fsp3) is 0.250. The topological polar surface area (TPSA) is 84.0 Å². The lowest BCUT2D eigenvalue weighted by Crippen LogP contribution is -2.22. The fourth-order valence-electron chi connectivity index (χ4n) is 1.73. The van der Waals surface area contributed by atoms with E-state index in [1.54, 1.807) is 30.3 Å². The average molecular weight is 362 g/mol. The van der Waals surface area contributed by atoms with Gasteiger partial charge in [-0.3, -0.25) is 9.59 Å². The van der Waals surface area contributed by atoms with E-state index in [9.17, 15) is 9.59 Å². The molecule has 0 saturated heterocycles. The summed E-state index contributed by atoms with van der Waals surface area (Å²) in [4.78, 5) is 23.5. The fourth-order valence-corrected chi connectivity index (χ4v) is 3.63. The van der Waals surface area contributed by atoms with Crippen molar-refractivity contribution in [2.24, 2.45) is 0 Å². The molecule has 2 N–H and O–H groups in total. The maximum Gasteiger partial charge on any atom is 0.237 e. The highest BCUT2D eigenvalue weighted by Crippen LogP contribution is 2.29. The van der Waals surface area contributed by atoms with E-state index >= 15 is 0 Å². The Morgan fingerprint density at radius 3 is 2.67 bits per heavy atom. The number of hydrogen-bond acceptors (Lipinski definition) is 7. The standard InChI is InChI=1S/C16H18N4O2S2/c1-4-9-17-15-19-20-16(24-15)23-11(3)14(22)18-13-7-5-12(6-8-13)10(2)21/h4-8,11H,1,9H2,2-3H3,(H,17,19)(H,18,22). The largest absolute Gasteiger partial charge is 0.357 e. The van der Waals surface area contributed by atoms with Crippen LogP contribution >= 0.6 is 23.1 Å². The molecule has 0 aliphatic rings. The van der Waals surface area contributed by atoms with Crippen molar-refractivity contribution in [3.05, 3.63) is 42.5 Å². The summed E-state index contributed by atoms with van der Waals surface area (Å²) in [6.07, 6.45) is 1.74. The zero-order valence-corrected chi connectivity index (χ0v) is 15.0. The van der Waals surface area contributed by atoms with Crippen LogP contribution in [0.15, 0.2) is 41.3 Å². The number of benzene rings is 1. The lowest BCUT2D eigenvalue weighted by Gasteiger charge is -2.10. The molecule has 8 heteroatoms. The molecule has 0 aliphatic carbocycles. The van der Waals surface area contributed by atoms with E-state index in [0.717, 1.165) is 4.34 Å². The number of ketones is 1. The summed E-state index contributed by atoms with van der Waals surface area (Å²) in [6.45, 7) is 7.56. The van der Waals surface area contributed by atoms with Gasteiger partial charge in [0, 0.05) is 17.8 Å². The monoisotopic (exact) mass is 362 g/mol. The number of hydrogen-bond donors (Lipinski definition) is 2. The number of nitrogens with zero attached hydrogens (tertiary/aromatic N) is 2. The second-order valence-electron chi connectivity index (χ2n) is 4.93. The summed E-state index contributed by atoms with van der Waals surface area (Å²) in [5, 5.41) is 14.3. The van der Waals surface area contributed by atoms with Crippen molar-refractivity contribution in [3.8, 4) is 0 Å². The number of amides is 1. The third-order valence-corrected chi connectivity index (χ3v) is 5.08. The number of Topliss-reactive ketones (excluding diaryl/α,β-unsaturated/α-hetero) is 1. The second-order valence-corrected chi connectivity index (χ2v) is 7.49.